The van der Waals surface area contributed by atoms with Crippen LogP contribution in [0.15, 0.2) is 33.3 Å². The van der Waals surface area contributed by atoms with Gasteiger partial charge in [-0.2, -0.15) is 4.98 Å². The van der Waals surface area contributed by atoms with E-state index in [9.17, 15) is 4.79 Å². The highest BCUT2D eigenvalue weighted by Gasteiger charge is 2.37. The monoisotopic (exact) mass is 389 g/mol. The van der Waals surface area contributed by atoms with Crippen molar-refractivity contribution in [1.82, 2.24) is 15.0 Å². The van der Waals surface area contributed by atoms with Crippen molar-refractivity contribution in [3.05, 3.63) is 34.6 Å². The minimum atomic E-state index is -0.0692. The van der Waals surface area contributed by atoms with Crippen LogP contribution >= 0.6 is 15.9 Å². The largest absolute Gasteiger partial charge is 0.337 e. The Labute approximate surface area is 149 Å². The van der Waals surface area contributed by atoms with Crippen molar-refractivity contribution in [2.75, 3.05) is 6.54 Å². The number of rotatable bonds is 3. The molecule has 0 spiro atoms. The number of nitrogens with zero attached hydrogens (tertiary/aromatic N) is 3. The normalized spacial score (nSPS) is 21.5. The molecule has 1 atom stereocenters. The van der Waals surface area contributed by atoms with Gasteiger partial charge in [-0.05, 0) is 44.2 Å². The second-order valence-electron chi connectivity index (χ2n) is 6.64. The summed E-state index contributed by atoms with van der Waals surface area (Å²) in [6.07, 6.45) is 6.26. The summed E-state index contributed by atoms with van der Waals surface area (Å²) < 4.78 is 6.52. The molecule has 2 aromatic rings. The van der Waals surface area contributed by atoms with Gasteiger partial charge in [0.1, 0.15) is 6.04 Å². The number of amides is 1. The minimum Gasteiger partial charge on any atom is -0.337 e. The smallest absolute Gasteiger partial charge is 0.249 e. The molecule has 1 aromatic carbocycles. The molecule has 1 amide bonds. The standard InChI is InChI=1S/C18H20BrN3O2/c19-14-8-4-7-13(11-14)16-20-17(24-21-16)15-9-1-2-10-22(15)18(23)12-5-3-6-12/h4,7-8,11-12,15H,1-3,5-6,9-10H2. The number of aromatic nitrogens is 2. The van der Waals surface area contributed by atoms with Crippen molar-refractivity contribution in [2.24, 2.45) is 5.92 Å². The van der Waals surface area contributed by atoms with E-state index in [1.807, 2.05) is 29.2 Å². The maximum atomic E-state index is 12.7. The van der Waals surface area contributed by atoms with Crippen LogP contribution in [0.5, 0.6) is 0 Å². The van der Waals surface area contributed by atoms with Gasteiger partial charge in [0, 0.05) is 22.5 Å². The summed E-state index contributed by atoms with van der Waals surface area (Å²) >= 11 is 3.46. The molecule has 5 nitrogen and oxygen atoms in total. The SMILES string of the molecule is O=C(C1CCC1)N1CCCCC1c1nc(-c2cccc(Br)c2)no1. The minimum absolute atomic E-state index is 0.0692. The molecule has 1 saturated heterocycles. The Balaban J connectivity index is 1.58. The van der Waals surface area contributed by atoms with Gasteiger partial charge in [0.2, 0.25) is 17.6 Å². The van der Waals surface area contributed by atoms with E-state index in [4.69, 9.17) is 4.52 Å². The zero-order valence-corrected chi connectivity index (χ0v) is 15.0. The summed E-state index contributed by atoms with van der Waals surface area (Å²) in [4.78, 5) is 19.3. The molecule has 0 N–H and O–H groups in total. The number of likely N-dealkylation sites (tertiary alicyclic amines) is 1. The molecule has 6 heteroatoms. The Bertz CT molecular complexity index is 741. The molecule has 0 bridgehead atoms. The lowest BCUT2D eigenvalue weighted by Gasteiger charge is -2.38. The zero-order valence-electron chi connectivity index (χ0n) is 13.4. The first-order valence-corrected chi connectivity index (χ1v) is 9.42. The molecule has 1 saturated carbocycles. The number of hydrogen-bond donors (Lipinski definition) is 0. The lowest BCUT2D eigenvalue weighted by Crippen LogP contribution is -2.43. The summed E-state index contributed by atoms with van der Waals surface area (Å²) in [6, 6.07) is 7.76. The summed E-state index contributed by atoms with van der Waals surface area (Å²) in [5.41, 5.74) is 0.909. The van der Waals surface area contributed by atoms with Gasteiger partial charge >= 0.3 is 0 Å². The molecule has 126 valence electrons. The van der Waals surface area contributed by atoms with Crippen LogP contribution in [0, 0.1) is 5.92 Å². The third-order valence-corrected chi connectivity index (χ3v) is 5.54. The molecule has 2 fully saturated rings. The van der Waals surface area contributed by atoms with E-state index in [-0.39, 0.29) is 17.9 Å². The van der Waals surface area contributed by atoms with Crippen LogP contribution < -0.4 is 0 Å². The van der Waals surface area contributed by atoms with Gasteiger partial charge in [0.25, 0.3) is 0 Å². The predicted molar refractivity (Wildman–Crippen MR) is 93.1 cm³/mol. The van der Waals surface area contributed by atoms with E-state index in [2.05, 4.69) is 26.1 Å². The van der Waals surface area contributed by atoms with Gasteiger partial charge in [-0.25, -0.2) is 0 Å². The van der Waals surface area contributed by atoms with Crippen LogP contribution in [-0.4, -0.2) is 27.5 Å². The third kappa shape index (κ3) is 2.99. The number of piperidine rings is 1. The van der Waals surface area contributed by atoms with Crippen LogP contribution in [0.25, 0.3) is 11.4 Å². The Morgan fingerprint density at radius 2 is 2.08 bits per heavy atom. The summed E-state index contributed by atoms with van der Waals surface area (Å²) in [5, 5.41) is 4.13. The second-order valence-corrected chi connectivity index (χ2v) is 7.55. The Morgan fingerprint density at radius 3 is 2.83 bits per heavy atom. The molecule has 1 aromatic heterocycles. The quantitative estimate of drug-likeness (QED) is 0.782. The fourth-order valence-corrected chi connectivity index (χ4v) is 3.86. The average Bonchev–Trinajstić information content (AvgIpc) is 3.03. The van der Waals surface area contributed by atoms with E-state index >= 15 is 0 Å². The first-order chi connectivity index (χ1) is 11.7. The topological polar surface area (TPSA) is 59.2 Å². The van der Waals surface area contributed by atoms with Crippen molar-refractivity contribution in [2.45, 2.75) is 44.6 Å². The fraction of sp³-hybridized carbons (Fsp3) is 0.500. The first kappa shape index (κ1) is 15.8. The first-order valence-electron chi connectivity index (χ1n) is 8.62. The number of hydrogen-bond acceptors (Lipinski definition) is 4. The lowest BCUT2D eigenvalue weighted by atomic mass is 9.83. The van der Waals surface area contributed by atoms with E-state index in [0.717, 1.165) is 48.7 Å². The summed E-state index contributed by atoms with van der Waals surface area (Å²) in [6.45, 7) is 0.800. The van der Waals surface area contributed by atoms with E-state index in [1.54, 1.807) is 0 Å². The van der Waals surface area contributed by atoms with E-state index < -0.39 is 0 Å². The van der Waals surface area contributed by atoms with Gasteiger partial charge in [-0.15, -0.1) is 0 Å². The molecule has 1 unspecified atom stereocenters. The third-order valence-electron chi connectivity index (χ3n) is 5.05. The van der Waals surface area contributed by atoms with Crippen molar-refractivity contribution < 1.29 is 9.32 Å². The molecule has 2 heterocycles. The Morgan fingerprint density at radius 1 is 1.21 bits per heavy atom. The Kier molecular flexibility index (Phi) is 4.39. The number of halogens is 1. The van der Waals surface area contributed by atoms with E-state index in [1.165, 1.54) is 6.42 Å². The lowest BCUT2D eigenvalue weighted by molar-refractivity contribution is -0.142. The Hall–Kier alpha value is -1.69. The summed E-state index contributed by atoms with van der Waals surface area (Å²) in [5.74, 6) is 1.62. The van der Waals surface area contributed by atoms with E-state index in [0.29, 0.717) is 11.7 Å². The molecular weight excluding hydrogens is 370 g/mol. The predicted octanol–water partition coefficient (Wildman–Crippen LogP) is 4.35. The second kappa shape index (κ2) is 6.67. The number of benzene rings is 1. The van der Waals surface area contributed by atoms with Gasteiger partial charge < -0.3 is 9.42 Å². The van der Waals surface area contributed by atoms with Crippen molar-refractivity contribution in [3.63, 3.8) is 0 Å². The van der Waals surface area contributed by atoms with Crippen LogP contribution in [0.4, 0.5) is 0 Å². The van der Waals surface area contributed by atoms with Crippen molar-refractivity contribution in [1.29, 1.82) is 0 Å². The highest BCUT2D eigenvalue weighted by molar-refractivity contribution is 9.10. The summed E-state index contributed by atoms with van der Waals surface area (Å²) in [7, 11) is 0. The maximum Gasteiger partial charge on any atom is 0.249 e. The number of carbonyl (C=O) groups is 1. The molecule has 0 radical (unpaired) electrons. The van der Waals surface area contributed by atoms with Crippen molar-refractivity contribution >= 4 is 21.8 Å². The number of carbonyl (C=O) groups excluding carboxylic acids is 1. The van der Waals surface area contributed by atoms with Gasteiger partial charge in [-0.3, -0.25) is 4.79 Å². The molecular formula is C18H20BrN3O2. The van der Waals surface area contributed by atoms with Gasteiger partial charge in [-0.1, -0.05) is 39.6 Å². The molecule has 1 aliphatic carbocycles. The van der Waals surface area contributed by atoms with Crippen LogP contribution in [0.1, 0.15) is 50.5 Å². The zero-order chi connectivity index (χ0) is 16.5. The van der Waals surface area contributed by atoms with Crippen LogP contribution in [0.2, 0.25) is 0 Å². The highest BCUT2D eigenvalue weighted by atomic mass is 79.9. The van der Waals surface area contributed by atoms with Crippen molar-refractivity contribution in [3.8, 4) is 11.4 Å². The maximum absolute atomic E-state index is 12.7. The molecule has 4 rings (SSSR count). The average molecular weight is 390 g/mol. The van der Waals surface area contributed by atoms with Gasteiger partial charge in [0.15, 0.2) is 0 Å². The molecule has 24 heavy (non-hydrogen) atoms. The van der Waals surface area contributed by atoms with Crippen LogP contribution in [-0.2, 0) is 4.79 Å². The fourth-order valence-electron chi connectivity index (χ4n) is 3.46. The highest BCUT2D eigenvalue weighted by Crippen LogP contribution is 2.36. The molecule has 1 aliphatic heterocycles. The van der Waals surface area contributed by atoms with Gasteiger partial charge in [0.05, 0.1) is 0 Å². The molecule has 2 aliphatic rings. The van der Waals surface area contributed by atoms with Crippen LogP contribution in [0.3, 0.4) is 0 Å².